The molecule has 0 N–H and O–H groups in total. The molecule has 0 fully saturated rings. The molecule has 4 nitrogen and oxygen atoms in total. The molecule has 0 bridgehead atoms. The zero-order chi connectivity index (χ0) is 9.68. The minimum Gasteiger partial charge on any atom is -0.198 e. The van der Waals surface area contributed by atoms with Crippen LogP contribution in [0, 0.1) is 11.3 Å². The predicted octanol–water partition coefficient (Wildman–Crippen LogP) is 3.26. The molecule has 1 rings (SSSR count). The molecular weight excluding hydrogens is 164 g/mol. The van der Waals surface area contributed by atoms with E-state index in [1.807, 2.05) is 6.07 Å². The molecule has 4 heteroatoms. The predicted molar refractivity (Wildman–Crippen MR) is 49.3 cm³/mol. The molecular formula is C9H8N4. The van der Waals surface area contributed by atoms with Gasteiger partial charge in [0.25, 0.3) is 0 Å². The second-order valence-electron chi connectivity index (χ2n) is 2.60. The number of hydrogen-bond donors (Lipinski definition) is 0. The van der Waals surface area contributed by atoms with Gasteiger partial charge in [-0.3, -0.25) is 0 Å². The van der Waals surface area contributed by atoms with Gasteiger partial charge in [-0.15, -0.1) is 0 Å². The van der Waals surface area contributed by atoms with Gasteiger partial charge < -0.3 is 0 Å². The molecule has 13 heavy (non-hydrogen) atoms. The molecule has 0 aliphatic rings. The Bertz CT molecular complexity index is 385. The molecule has 0 spiro atoms. The van der Waals surface area contributed by atoms with E-state index in [-0.39, 0.29) is 5.92 Å². The second-order valence-corrected chi connectivity index (χ2v) is 2.60. The Balaban J connectivity index is 3.20. The van der Waals surface area contributed by atoms with Gasteiger partial charge in [0.2, 0.25) is 0 Å². The van der Waals surface area contributed by atoms with E-state index in [0.717, 1.165) is 5.56 Å². The van der Waals surface area contributed by atoms with Gasteiger partial charge in [-0.05, 0) is 18.0 Å². The third kappa shape index (κ3) is 1.98. The molecule has 0 aliphatic carbocycles. The summed E-state index contributed by atoms with van der Waals surface area (Å²) in [5.41, 5.74) is 9.57. The lowest BCUT2D eigenvalue weighted by Crippen LogP contribution is -1.88. The van der Waals surface area contributed by atoms with Crippen LogP contribution in [0.15, 0.2) is 29.4 Å². The third-order valence-corrected chi connectivity index (χ3v) is 1.75. The monoisotopic (exact) mass is 172 g/mol. The summed E-state index contributed by atoms with van der Waals surface area (Å²) in [6.45, 7) is 1.77. The summed E-state index contributed by atoms with van der Waals surface area (Å²) in [6, 6.07) is 9.18. The van der Waals surface area contributed by atoms with E-state index < -0.39 is 0 Å². The summed E-state index contributed by atoms with van der Waals surface area (Å²) in [5.74, 6) is -0.248. The molecule has 1 aromatic rings. The lowest BCUT2D eigenvalue weighted by Gasteiger charge is -2.04. The summed E-state index contributed by atoms with van der Waals surface area (Å²) in [6.07, 6.45) is 0. The first-order valence-electron chi connectivity index (χ1n) is 3.83. The fourth-order valence-electron chi connectivity index (χ4n) is 1.06. The van der Waals surface area contributed by atoms with Crippen LogP contribution in [0.2, 0.25) is 0 Å². The molecule has 1 atom stereocenters. The van der Waals surface area contributed by atoms with Crippen LogP contribution in [0.3, 0.4) is 0 Å². The highest BCUT2D eigenvalue weighted by Gasteiger charge is 2.06. The average Bonchev–Trinajstić information content (AvgIpc) is 2.18. The van der Waals surface area contributed by atoms with Gasteiger partial charge in [-0.2, -0.15) is 5.26 Å². The molecule has 0 amide bonds. The summed E-state index contributed by atoms with van der Waals surface area (Å²) in [4.78, 5) is 2.70. The van der Waals surface area contributed by atoms with Gasteiger partial charge >= 0.3 is 0 Å². The molecule has 0 heterocycles. The van der Waals surface area contributed by atoms with E-state index >= 15 is 0 Å². The summed E-state index contributed by atoms with van der Waals surface area (Å²) in [5, 5.41) is 12.2. The minimum atomic E-state index is -0.248. The third-order valence-electron chi connectivity index (χ3n) is 1.75. The van der Waals surface area contributed by atoms with E-state index in [0.29, 0.717) is 5.69 Å². The minimum absolute atomic E-state index is 0.248. The number of hydrogen-bond acceptors (Lipinski definition) is 2. The maximum atomic E-state index is 8.70. The average molecular weight is 172 g/mol. The zero-order valence-electron chi connectivity index (χ0n) is 7.18. The lowest BCUT2D eigenvalue weighted by atomic mass is 10.0. The van der Waals surface area contributed by atoms with E-state index in [9.17, 15) is 0 Å². The van der Waals surface area contributed by atoms with Gasteiger partial charge in [0.15, 0.2) is 0 Å². The Kier molecular flexibility index (Phi) is 2.91. The van der Waals surface area contributed by atoms with Crippen molar-refractivity contribution in [2.75, 3.05) is 0 Å². The summed E-state index contributed by atoms with van der Waals surface area (Å²) < 4.78 is 0. The Labute approximate surface area is 76.1 Å². The maximum Gasteiger partial charge on any atom is 0.0701 e. The van der Waals surface area contributed by atoms with Crippen molar-refractivity contribution in [1.29, 1.82) is 5.26 Å². The van der Waals surface area contributed by atoms with Crippen LogP contribution in [0.5, 0.6) is 0 Å². The summed E-state index contributed by atoms with van der Waals surface area (Å²) in [7, 11) is 0. The Morgan fingerprint density at radius 1 is 1.54 bits per heavy atom. The Morgan fingerprint density at radius 2 is 2.23 bits per heavy atom. The van der Waals surface area contributed by atoms with Crippen molar-refractivity contribution >= 4 is 5.69 Å². The van der Waals surface area contributed by atoms with Gasteiger partial charge in [-0.1, -0.05) is 29.4 Å². The largest absolute Gasteiger partial charge is 0.198 e. The highest BCUT2D eigenvalue weighted by molar-refractivity contribution is 5.49. The molecule has 0 aromatic heterocycles. The molecule has 1 unspecified atom stereocenters. The van der Waals surface area contributed by atoms with Crippen molar-refractivity contribution in [2.45, 2.75) is 12.8 Å². The second kappa shape index (κ2) is 4.15. The Morgan fingerprint density at radius 3 is 2.85 bits per heavy atom. The number of benzene rings is 1. The van der Waals surface area contributed by atoms with Crippen LogP contribution in [-0.2, 0) is 0 Å². The Hall–Kier alpha value is -1.98. The number of azide groups is 1. The summed E-state index contributed by atoms with van der Waals surface area (Å²) >= 11 is 0. The fourth-order valence-corrected chi connectivity index (χ4v) is 1.06. The molecule has 0 saturated heterocycles. The van der Waals surface area contributed by atoms with E-state index in [4.69, 9.17) is 10.8 Å². The van der Waals surface area contributed by atoms with Crippen LogP contribution in [-0.4, -0.2) is 0 Å². The van der Waals surface area contributed by atoms with Crippen molar-refractivity contribution < 1.29 is 0 Å². The quantitative estimate of drug-likeness (QED) is 0.383. The van der Waals surface area contributed by atoms with Crippen molar-refractivity contribution in [2.24, 2.45) is 5.11 Å². The molecule has 0 aliphatic heterocycles. The van der Waals surface area contributed by atoms with Crippen LogP contribution in [0.25, 0.3) is 10.4 Å². The molecule has 1 aromatic carbocycles. The zero-order valence-corrected chi connectivity index (χ0v) is 7.18. The van der Waals surface area contributed by atoms with E-state index in [1.165, 1.54) is 0 Å². The van der Waals surface area contributed by atoms with Gasteiger partial charge in [0.05, 0.1) is 12.0 Å². The van der Waals surface area contributed by atoms with Gasteiger partial charge in [-0.25, -0.2) is 0 Å². The van der Waals surface area contributed by atoms with Crippen molar-refractivity contribution in [3.8, 4) is 6.07 Å². The van der Waals surface area contributed by atoms with Gasteiger partial charge in [0, 0.05) is 10.6 Å². The highest BCUT2D eigenvalue weighted by atomic mass is 15.1. The van der Waals surface area contributed by atoms with Crippen molar-refractivity contribution in [1.82, 2.24) is 0 Å². The van der Waals surface area contributed by atoms with Crippen LogP contribution >= 0.6 is 0 Å². The SMILES string of the molecule is CC(C#N)c1ccccc1N=[N+]=[N-]. The fraction of sp³-hybridized carbons (Fsp3) is 0.222. The van der Waals surface area contributed by atoms with Crippen LogP contribution < -0.4 is 0 Å². The normalized spacial score (nSPS) is 11.1. The molecule has 64 valence electrons. The first-order valence-corrected chi connectivity index (χ1v) is 3.83. The first-order chi connectivity index (χ1) is 6.29. The van der Waals surface area contributed by atoms with Crippen molar-refractivity contribution in [3.05, 3.63) is 40.3 Å². The highest BCUT2D eigenvalue weighted by Crippen LogP contribution is 2.25. The van der Waals surface area contributed by atoms with Gasteiger partial charge in [0.1, 0.15) is 0 Å². The number of nitriles is 1. The first kappa shape index (κ1) is 9.11. The van der Waals surface area contributed by atoms with E-state index in [2.05, 4.69) is 16.1 Å². The smallest absolute Gasteiger partial charge is 0.0701 e. The van der Waals surface area contributed by atoms with E-state index in [1.54, 1.807) is 25.1 Å². The molecule has 0 radical (unpaired) electrons. The van der Waals surface area contributed by atoms with Crippen LogP contribution in [0.1, 0.15) is 18.4 Å². The number of rotatable bonds is 2. The standard InChI is InChI=1S/C9H8N4/c1-7(6-10)8-4-2-3-5-9(8)12-13-11/h2-5,7H,1H3. The van der Waals surface area contributed by atoms with Crippen molar-refractivity contribution in [3.63, 3.8) is 0 Å². The number of nitrogens with zero attached hydrogens (tertiary/aromatic N) is 4. The topological polar surface area (TPSA) is 72.5 Å². The maximum absolute atomic E-state index is 8.70. The van der Waals surface area contributed by atoms with Crippen LogP contribution in [0.4, 0.5) is 5.69 Å². The molecule has 0 saturated carbocycles. The lowest BCUT2D eigenvalue weighted by molar-refractivity contribution is 0.979.